The maximum atomic E-state index is 13.5. The molecule has 1 heterocycles. The number of aliphatic hydroxyl groups excluding tert-OH is 1. The van der Waals surface area contributed by atoms with Gasteiger partial charge in [-0.15, -0.1) is 0 Å². The molecule has 0 aromatic heterocycles. The van der Waals surface area contributed by atoms with E-state index in [2.05, 4.69) is 6.58 Å². The molecule has 5 nitrogen and oxygen atoms in total. The van der Waals surface area contributed by atoms with Crippen molar-refractivity contribution in [3.63, 3.8) is 0 Å². The second-order valence-corrected chi connectivity index (χ2v) is 9.31. The third kappa shape index (κ3) is 4.73. The van der Waals surface area contributed by atoms with E-state index in [1.54, 1.807) is 24.3 Å². The Morgan fingerprint density at radius 1 is 1.14 bits per heavy atom. The summed E-state index contributed by atoms with van der Waals surface area (Å²) in [7, 11) is -3.88. The summed E-state index contributed by atoms with van der Waals surface area (Å²) in [6.45, 7) is 10.7. The SMILES string of the molecule is C=C(C)CC1=C(C(C(C)=O)=C(C)O)N(S(=O)(=O)c2ccc(C)cc2)CCCC1. The minimum absolute atomic E-state index is 0.0637. The molecule has 0 amide bonds. The zero-order valence-electron chi connectivity index (χ0n) is 17.1. The maximum Gasteiger partial charge on any atom is 0.264 e. The molecule has 0 aliphatic carbocycles. The van der Waals surface area contributed by atoms with E-state index in [9.17, 15) is 18.3 Å². The molecule has 0 bridgehead atoms. The van der Waals surface area contributed by atoms with E-state index in [0.29, 0.717) is 25.0 Å². The van der Waals surface area contributed by atoms with Crippen molar-refractivity contribution >= 4 is 15.8 Å². The normalized spacial score (nSPS) is 16.5. The Bertz CT molecular complexity index is 933. The van der Waals surface area contributed by atoms with E-state index in [4.69, 9.17) is 0 Å². The summed E-state index contributed by atoms with van der Waals surface area (Å²) in [6, 6.07) is 6.66. The van der Waals surface area contributed by atoms with Gasteiger partial charge in [-0.3, -0.25) is 9.10 Å². The van der Waals surface area contributed by atoms with Crippen LogP contribution >= 0.6 is 0 Å². The predicted octanol–water partition coefficient (Wildman–Crippen LogP) is 4.81. The van der Waals surface area contributed by atoms with Crippen LogP contribution < -0.4 is 0 Å². The van der Waals surface area contributed by atoms with Crippen LogP contribution in [0.25, 0.3) is 0 Å². The third-order valence-electron chi connectivity index (χ3n) is 4.75. The predicted molar refractivity (Wildman–Crippen MR) is 111 cm³/mol. The van der Waals surface area contributed by atoms with Gasteiger partial charge in [0, 0.05) is 6.54 Å². The number of aliphatic hydroxyl groups is 1. The molecule has 1 aliphatic heterocycles. The highest BCUT2D eigenvalue weighted by molar-refractivity contribution is 7.89. The van der Waals surface area contributed by atoms with Crippen LogP contribution in [0.5, 0.6) is 0 Å². The highest BCUT2D eigenvalue weighted by atomic mass is 32.2. The van der Waals surface area contributed by atoms with E-state index >= 15 is 0 Å². The summed E-state index contributed by atoms with van der Waals surface area (Å²) in [4.78, 5) is 12.6. The van der Waals surface area contributed by atoms with Gasteiger partial charge in [0.2, 0.25) is 0 Å². The van der Waals surface area contributed by atoms with Crippen molar-refractivity contribution in [2.75, 3.05) is 6.54 Å². The molecule has 1 N–H and O–H groups in total. The molecule has 0 radical (unpaired) electrons. The van der Waals surface area contributed by atoms with Gasteiger partial charge in [0.05, 0.1) is 16.2 Å². The van der Waals surface area contributed by atoms with Crippen LogP contribution in [0.4, 0.5) is 0 Å². The number of rotatable bonds is 6. The molecule has 0 spiro atoms. The summed E-state index contributed by atoms with van der Waals surface area (Å²) in [5.74, 6) is -0.534. The lowest BCUT2D eigenvalue weighted by atomic mass is 9.95. The third-order valence-corrected chi connectivity index (χ3v) is 6.56. The van der Waals surface area contributed by atoms with Crippen LogP contribution in [-0.4, -0.2) is 30.2 Å². The highest BCUT2D eigenvalue weighted by Crippen LogP contribution is 2.35. The van der Waals surface area contributed by atoms with Crippen molar-refractivity contribution in [2.24, 2.45) is 0 Å². The first-order chi connectivity index (χ1) is 13.1. The second kappa shape index (κ2) is 8.78. The van der Waals surface area contributed by atoms with E-state index < -0.39 is 10.0 Å². The molecule has 0 unspecified atom stereocenters. The lowest BCUT2D eigenvalue weighted by molar-refractivity contribution is -0.113. The van der Waals surface area contributed by atoms with Crippen LogP contribution in [0, 0.1) is 6.92 Å². The lowest BCUT2D eigenvalue weighted by Gasteiger charge is -2.29. The quantitative estimate of drug-likeness (QED) is 0.420. The topological polar surface area (TPSA) is 74.7 Å². The van der Waals surface area contributed by atoms with Gasteiger partial charge < -0.3 is 5.11 Å². The van der Waals surface area contributed by atoms with Gasteiger partial charge in [0.15, 0.2) is 5.78 Å². The largest absolute Gasteiger partial charge is 0.512 e. The molecule has 1 aliphatic rings. The fourth-order valence-electron chi connectivity index (χ4n) is 3.51. The van der Waals surface area contributed by atoms with E-state index in [1.165, 1.54) is 18.2 Å². The van der Waals surface area contributed by atoms with Gasteiger partial charge in [-0.25, -0.2) is 8.42 Å². The van der Waals surface area contributed by atoms with Crippen molar-refractivity contribution in [1.82, 2.24) is 4.31 Å². The summed E-state index contributed by atoms with van der Waals surface area (Å²) < 4.78 is 28.3. The van der Waals surface area contributed by atoms with Gasteiger partial charge in [-0.05, 0) is 71.1 Å². The summed E-state index contributed by atoms with van der Waals surface area (Å²) in [5, 5.41) is 10.2. The Balaban J connectivity index is 2.77. The standard InChI is InChI=1S/C22H29NO4S/c1-15(2)14-19-8-6-7-13-23(22(19)21(17(4)24)18(5)25)28(26,27)20-11-9-16(3)10-12-20/h9-12,24H,1,6-8,13-14H2,2-5H3. The summed E-state index contributed by atoms with van der Waals surface area (Å²) >= 11 is 0. The monoisotopic (exact) mass is 403 g/mol. The van der Waals surface area contributed by atoms with Gasteiger partial charge in [-0.1, -0.05) is 29.8 Å². The van der Waals surface area contributed by atoms with Gasteiger partial charge >= 0.3 is 0 Å². The molecule has 6 heteroatoms. The number of benzene rings is 1. The number of carbonyl (C=O) groups is 1. The Morgan fingerprint density at radius 3 is 2.25 bits per heavy atom. The second-order valence-electron chi connectivity index (χ2n) is 7.45. The first-order valence-electron chi connectivity index (χ1n) is 9.42. The summed E-state index contributed by atoms with van der Waals surface area (Å²) in [5.41, 5.74) is 3.03. The Kier molecular flexibility index (Phi) is 6.88. The summed E-state index contributed by atoms with van der Waals surface area (Å²) in [6.07, 6.45) is 2.62. The Hall–Kier alpha value is -2.34. The fourth-order valence-corrected chi connectivity index (χ4v) is 5.07. The number of aryl methyl sites for hydroxylation is 1. The van der Waals surface area contributed by atoms with Crippen molar-refractivity contribution < 1.29 is 18.3 Å². The Labute approximate surface area is 168 Å². The number of hydrogen-bond donors (Lipinski definition) is 1. The van der Waals surface area contributed by atoms with E-state index in [-0.39, 0.29) is 28.6 Å². The van der Waals surface area contributed by atoms with Crippen LogP contribution in [0.1, 0.15) is 52.0 Å². The molecular formula is C22H29NO4S. The zero-order valence-corrected chi connectivity index (χ0v) is 17.9. The average molecular weight is 404 g/mol. The Morgan fingerprint density at radius 2 is 1.75 bits per heavy atom. The van der Waals surface area contributed by atoms with E-state index in [1.807, 2.05) is 13.8 Å². The molecule has 28 heavy (non-hydrogen) atoms. The highest BCUT2D eigenvalue weighted by Gasteiger charge is 2.34. The minimum Gasteiger partial charge on any atom is -0.512 e. The molecular weight excluding hydrogens is 374 g/mol. The van der Waals surface area contributed by atoms with Crippen LogP contribution in [0.15, 0.2) is 63.9 Å². The van der Waals surface area contributed by atoms with Crippen molar-refractivity contribution in [3.8, 4) is 0 Å². The number of allylic oxidation sites excluding steroid dienone is 4. The molecule has 1 aromatic carbocycles. The van der Waals surface area contributed by atoms with Crippen LogP contribution in [0.3, 0.4) is 0 Å². The molecule has 2 rings (SSSR count). The molecule has 0 saturated heterocycles. The molecule has 0 atom stereocenters. The minimum atomic E-state index is -3.88. The number of nitrogens with zero attached hydrogens (tertiary/aromatic N) is 1. The number of carbonyl (C=O) groups excluding carboxylic acids is 1. The number of hydrogen-bond acceptors (Lipinski definition) is 4. The first-order valence-corrected chi connectivity index (χ1v) is 10.9. The van der Waals surface area contributed by atoms with Crippen LogP contribution in [0.2, 0.25) is 0 Å². The van der Waals surface area contributed by atoms with Gasteiger partial charge in [-0.2, -0.15) is 0 Å². The maximum absolute atomic E-state index is 13.5. The molecule has 0 fully saturated rings. The average Bonchev–Trinajstić information content (AvgIpc) is 2.77. The van der Waals surface area contributed by atoms with Crippen molar-refractivity contribution in [2.45, 2.75) is 58.3 Å². The molecule has 152 valence electrons. The van der Waals surface area contributed by atoms with Gasteiger partial charge in [0.25, 0.3) is 10.0 Å². The van der Waals surface area contributed by atoms with Crippen molar-refractivity contribution in [3.05, 3.63) is 64.6 Å². The van der Waals surface area contributed by atoms with Crippen molar-refractivity contribution in [1.29, 1.82) is 0 Å². The molecule has 1 aromatic rings. The smallest absolute Gasteiger partial charge is 0.264 e. The first kappa shape index (κ1) is 22.0. The van der Waals surface area contributed by atoms with Crippen LogP contribution in [-0.2, 0) is 14.8 Å². The molecule has 0 saturated carbocycles. The van der Waals surface area contributed by atoms with E-state index in [0.717, 1.165) is 23.1 Å². The lowest BCUT2D eigenvalue weighted by Crippen LogP contribution is -2.34. The number of Topliss-reactive ketones (excluding diaryl/α,β-unsaturated/α-hetero) is 1. The number of sulfonamides is 1. The number of ketones is 1. The van der Waals surface area contributed by atoms with Gasteiger partial charge in [0.1, 0.15) is 5.76 Å². The fraction of sp³-hybridized carbons (Fsp3) is 0.409. The zero-order chi connectivity index (χ0) is 21.1.